The third kappa shape index (κ3) is 5.87. The molecule has 0 amide bonds. The lowest BCUT2D eigenvalue weighted by molar-refractivity contribution is -0.192. The summed E-state index contributed by atoms with van der Waals surface area (Å²) < 4.78 is 72.3. The van der Waals surface area contributed by atoms with Gasteiger partial charge >= 0.3 is 12.1 Å². The Kier molecular flexibility index (Phi) is 6.55. The molecule has 0 bridgehead atoms. The summed E-state index contributed by atoms with van der Waals surface area (Å²) >= 11 is 3.09. The molecule has 0 radical (unpaired) electrons. The molecule has 1 aromatic carbocycles. The van der Waals surface area contributed by atoms with Crippen LogP contribution in [-0.2, 0) is 20.6 Å². The Hall–Kier alpha value is -1.24. The predicted octanol–water partition coefficient (Wildman–Crippen LogP) is 2.39. The van der Waals surface area contributed by atoms with Gasteiger partial charge in [0.05, 0.1) is 10.2 Å². The fraction of sp³-hybridized carbons (Fsp3) is 0.533. The molecule has 1 saturated heterocycles. The van der Waals surface area contributed by atoms with Crippen LogP contribution >= 0.6 is 15.9 Å². The summed E-state index contributed by atoms with van der Waals surface area (Å²) in [5, 5.41) is 10.3. The van der Waals surface area contributed by atoms with Gasteiger partial charge in [-0.1, -0.05) is 12.1 Å². The third-order valence-electron chi connectivity index (χ3n) is 4.32. The molecule has 0 aromatic heterocycles. The van der Waals surface area contributed by atoms with Gasteiger partial charge in [0.15, 0.2) is 0 Å². The maximum atomic E-state index is 13.4. The molecule has 0 atom stereocenters. The number of nitrogens with one attached hydrogen (secondary N) is 2. The van der Waals surface area contributed by atoms with E-state index in [1.165, 1.54) is 12.1 Å². The van der Waals surface area contributed by atoms with E-state index < -0.39 is 28.0 Å². The van der Waals surface area contributed by atoms with E-state index in [2.05, 4.69) is 26.0 Å². The number of sulfonamides is 1. The van der Waals surface area contributed by atoms with Gasteiger partial charge in [-0.15, -0.1) is 0 Å². The van der Waals surface area contributed by atoms with Gasteiger partial charge in [0, 0.05) is 19.1 Å². The number of aliphatic carboxylic acids is 1. The monoisotopic (exact) mass is 476 g/mol. The molecule has 0 unspecified atom stereocenters. The lowest BCUT2D eigenvalue weighted by Crippen LogP contribution is -2.65. The summed E-state index contributed by atoms with van der Waals surface area (Å²) in [7, 11) is -3.44. The van der Waals surface area contributed by atoms with Crippen LogP contribution < -0.4 is 10.0 Å². The standard InChI is InChI=1S/C13H16BrFN2O2S.C2HF3O2/c14-12-9(2-1-3-11(12)15)6-20(18,19)17-10-4-13(5-10)7-16-8-13;3-2(4,5)1(6)7/h1-3,10,16-17H,4-8H2;(H,6,7). The summed E-state index contributed by atoms with van der Waals surface area (Å²) in [6, 6.07) is 4.45. The number of alkyl halides is 3. The molecule has 1 aromatic rings. The zero-order valence-electron chi connectivity index (χ0n) is 13.8. The number of benzene rings is 1. The largest absolute Gasteiger partial charge is 0.490 e. The fourth-order valence-corrected chi connectivity index (χ4v) is 4.99. The third-order valence-corrected chi connectivity index (χ3v) is 6.60. The van der Waals surface area contributed by atoms with E-state index in [4.69, 9.17) is 9.90 Å². The van der Waals surface area contributed by atoms with Gasteiger partial charge in [0.2, 0.25) is 10.0 Å². The lowest BCUT2D eigenvalue weighted by Gasteiger charge is -2.54. The van der Waals surface area contributed by atoms with E-state index in [9.17, 15) is 26.0 Å². The Morgan fingerprint density at radius 1 is 1.33 bits per heavy atom. The van der Waals surface area contributed by atoms with Crippen molar-refractivity contribution in [3.05, 3.63) is 34.1 Å². The van der Waals surface area contributed by atoms with E-state index in [-0.39, 0.29) is 16.3 Å². The van der Waals surface area contributed by atoms with Crippen molar-refractivity contribution in [3.8, 4) is 0 Å². The van der Waals surface area contributed by atoms with Gasteiger partial charge in [-0.2, -0.15) is 13.2 Å². The highest BCUT2D eigenvalue weighted by Gasteiger charge is 2.49. The molecule has 12 heteroatoms. The van der Waals surface area contributed by atoms with Crippen molar-refractivity contribution in [2.75, 3.05) is 13.1 Å². The quantitative estimate of drug-likeness (QED) is 0.580. The molecule has 6 nitrogen and oxygen atoms in total. The van der Waals surface area contributed by atoms with Gasteiger partial charge in [-0.05, 0) is 45.8 Å². The molecule has 1 aliphatic carbocycles. The second-order valence-electron chi connectivity index (χ2n) is 6.60. The molecule has 3 rings (SSSR count). The second kappa shape index (κ2) is 8.02. The highest BCUT2D eigenvalue weighted by Crippen LogP contribution is 2.44. The first kappa shape index (κ1) is 22.1. The molecule has 1 spiro atoms. The van der Waals surface area contributed by atoms with Gasteiger partial charge in [-0.25, -0.2) is 22.3 Å². The maximum Gasteiger partial charge on any atom is 0.490 e. The topological polar surface area (TPSA) is 95.5 Å². The van der Waals surface area contributed by atoms with Crippen LogP contribution in [0.5, 0.6) is 0 Å². The summed E-state index contributed by atoms with van der Waals surface area (Å²) in [5.74, 6) is -3.40. The van der Waals surface area contributed by atoms with E-state index in [0.717, 1.165) is 25.9 Å². The van der Waals surface area contributed by atoms with Crippen molar-refractivity contribution in [2.45, 2.75) is 30.8 Å². The van der Waals surface area contributed by atoms with Crippen molar-refractivity contribution in [1.29, 1.82) is 0 Å². The minimum atomic E-state index is -5.08. The highest BCUT2D eigenvalue weighted by atomic mass is 79.9. The van der Waals surface area contributed by atoms with Crippen molar-refractivity contribution in [2.24, 2.45) is 5.41 Å². The molecule has 27 heavy (non-hydrogen) atoms. The first-order chi connectivity index (χ1) is 12.3. The number of carboxylic acids is 1. The second-order valence-corrected chi connectivity index (χ2v) is 9.15. The van der Waals surface area contributed by atoms with Crippen molar-refractivity contribution < 1.29 is 35.9 Å². The number of hydrogen-bond acceptors (Lipinski definition) is 4. The van der Waals surface area contributed by atoms with Gasteiger partial charge in [0.25, 0.3) is 0 Å². The maximum absolute atomic E-state index is 13.4. The van der Waals surface area contributed by atoms with Crippen molar-refractivity contribution in [1.82, 2.24) is 10.0 Å². The number of rotatable bonds is 4. The highest BCUT2D eigenvalue weighted by molar-refractivity contribution is 9.10. The molecule has 2 fully saturated rings. The van der Waals surface area contributed by atoms with E-state index >= 15 is 0 Å². The first-order valence-corrected chi connectivity index (χ1v) is 10.2. The number of halogens is 5. The normalized spacial score (nSPS) is 18.9. The Balaban J connectivity index is 0.000000321. The van der Waals surface area contributed by atoms with Crippen LogP contribution in [0.4, 0.5) is 17.6 Å². The summed E-state index contributed by atoms with van der Waals surface area (Å²) in [6.07, 6.45) is -3.30. The average molecular weight is 477 g/mol. The first-order valence-electron chi connectivity index (χ1n) is 7.77. The lowest BCUT2D eigenvalue weighted by atomic mass is 9.62. The Morgan fingerprint density at radius 2 is 1.89 bits per heavy atom. The smallest absolute Gasteiger partial charge is 0.475 e. The van der Waals surface area contributed by atoms with Crippen molar-refractivity contribution in [3.63, 3.8) is 0 Å². The number of carboxylic acid groups (broad SMARTS) is 1. The van der Waals surface area contributed by atoms with Crippen LogP contribution in [0.25, 0.3) is 0 Å². The zero-order valence-corrected chi connectivity index (χ0v) is 16.2. The van der Waals surface area contributed by atoms with Gasteiger partial charge in [-0.3, -0.25) is 0 Å². The summed E-state index contributed by atoms with van der Waals surface area (Å²) in [6.45, 7) is 1.97. The van der Waals surface area contributed by atoms with Gasteiger partial charge < -0.3 is 10.4 Å². The molecule has 152 valence electrons. The van der Waals surface area contributed by atoms with Crippen LogP contribution in [0.15, 0.2) is 22.7 Å². The van der Waals surface area contributed by atoms with Crippen LogP contribution in [0, 0.1) is 11.2 Å². The minimum Gasteiger partial charge on any atom is -0.475 e. The fourth-order valence-electron chi connectivity index (χ4n) is 3.00. The van der Waals surface area contributed by atoms with E-state index in [0.29, 0.717) is 11.0 Å². The zero-order chi connectivity index (χ0) is 20.5. The van der Waals surface area contributed by atoms with Crippen LogP contribution in [0.3, 0.4) is 0 Å². The minimum absolute atomic E-state index is 0.0226. The predicted molar refractivity (Wildman–Crippen MR) is 91.9 cm³/mol. The van der Waals surface area contributed by atoms with Crippen LogP contribution in [-0.4, -0.2) is 44.8 Å². The number of carbonyl (C=O) groups is 1. The Bertz CT molecular complexity index is 805. The average Bonchev–Trinajstić information content (AvgIpc) is 2.45. The van der Waals surface area contributed by atoms with E-state index in [1.54, 1.807) is 6.07 Å². The van der Waals surface area contributed by atoms with Crippen LogP contribution in [0.1, 0.15) is 18.4 Å². The van der Waals surface area contributed by atoms with E-state index in [1.807, 2.05) is 0 Å². The molecule has 1 saturated carbocycles. The Labute approximate surface area is 161 Å². The summed E-state index contributed by atoms with van der Waals surface area (Å²) in [5.41, 5.74) is 0.768. The molecule has 1 aliphatic heterocycles. The molecular formula is C15H17BrF4N2O4S. The van der Waals surface area contributed by atoms with Crippen LogP contribution in [0.2, 0.25) is 0 Å². The SMILES string of the molecule is O=C(O)C(F)(F)F.O=S(=O)(Cc1cccc(F)c1Br)NC1CC2(CNC2)C1. The van der Waals surface area contributed by atoms with Crippen molar-refractivity contribution >= 4 is 31.9 Å². The number of hydrogen-bond donors (Lipinski definition) is 3. The molecule has 3 N–H and O–H groups in total. The Morgan fingerprint density at radius 3 is 2.33 bits per heavy atom. The molecule has 2 aliphatic rings. The molecule has 1 heterocycles. The summed E-state index contributed by atoms with van der Waals surface area (Å²) in [4.78, 5) is 8.90. The molecular weight excluding hydrogens is 460 g/mol. The van der Waals surface area contributed by atoms with Gasteiger partial charge in [0.1, 0.15) is 5.82 Å².